The maximum Gasteiger partial charge on any atom is 0.235 e. The van der Waals surface area contributed by atoms with E-state index in [1.54, 1.807) is 11.9 Å². The Labute approximate surface area is 147 Å². The average Bonchev–Trinajstić information content (AvgIpc) is 3.21. The molecule has 0 spiro atoms. The number of sulfone groups is 1. The number of carbonyl (C=O) groups excluding carboxylic acids is 1. The zero-order valence-corrected chi connectivity index (χ0v) is 15.9. The Kier molecular flexibility index (Phi) is 4.92. The molecule has 2 fully saturated rings. The maximum atomic E-state index is 12.7. The molecular weight excluding hydrogens is 348 g/mol. The van der Waals surface area contributed by atoms with Gasteiger partial charge in [0.2, 0.25) is 5.91 Å². The normalized spacial score (nSPS) is 24.0. The second-order valence-corrected chi connectivity index (χ2v) is 10.2. The van der Waals surface area contributed by atoms with E-state index < -0.39 is 9.84 Å². The SMILES string of the molecule is CCn1c(S[C@@H](C)C(=O)N(C)[C@@H]2CCS(=O)(=O)C2)nnc1C1CC1. The molecule has 1 saturated carbocycles. The first-order valence-corrected chi connectivity index (χ1v) is 11.1. The first kappa shape index (κ1) is 17.7. The third-order valence-electron chi connectivity index (χ3n) is 4.74. The highest BCUT2D eigenvalue weighted by Crippen LogP contribution is 2.40. The van der Waals surface area contributed by atoms with Crippen LogP contribution in [0.1, 0.15) is 44.9 Å². The molecule has 1 aliphatic carbocycles. The van der Waals surface area contributed by atoms with Gasteiger partial charge in [-0.1, -0.05) is 11.8 Å². The molecule has 0 radical (unpaired) electrons. The fourth-order valence-corrected chi connectivity index (χ4v) is 5.88. The highest BCUT2D eigenvalue weighted by Gasteiger charge is 2.35. The summed E-state index contributed by atoms with van der Waals surface area (Å²) in [5.74, 6) is 1.73. The first-order chi connectivity index (χ1) is 11.3. The molecule has 134 valence electrons. The second-order valence-electron chi connectivity index (χ2n) is 6.63. The molecule has 0 unspecified atom stereocenters. The number of thioether (sulfide) groups is 1. The van der Waals surface area contributed by atoms with E-state index in [1.165, 1.54) is 11.8 Å². The summed E-state index contributed by atoms with van der Waals surface area (Å²) in [6.07, 6.45) is 2.85. The lowest BCUT2D eigenvalue weighted by molar-refractivity contribution is -0.130. The van der Waals surface area contributed by atoms with E-state index in [0.717, 1.165) is 30.4 Å². The molecule has 3 rings (SSSR count). The van der Waals surface area contributed by atoms with E-state index in [0.29, 0.717) is 12.3 Å². The van der Waals surface area contributed by atoms with Crippen LogP contribution in [-0.2, 0) is 21.2 Å². The van der Waals surface area contributed by atoms with Crippen molar-refractivity contribution in [3.05, 3.63) is 5.82 Å². The monoisotopic (exact) mass is 372 g/mol. The quantitative estimate of drug-likeness (QED) is 0.700. The predicted molar refractivity (Wildman–Crippen MR) is 92.8 cm³/mol. The van der Waals surface area contributed by atoms with Crippen molar-refractivity contribution >= 4 is 27.5 Å². The number of hydrogen-bond donors (Lipinski definition) is 0. The molecule has 9 heteroatoms. The van der Waals surface area contributed by atoms with E-state index in [9.17, 15) is 13.2 Å². The van der Waals surface area contributed by atoms with Gasteiger partial charge in [-0.05, 0) is 33.1 Å². The van der Waals surface area contributed by atoms with E-state index in [2.05, 4.69) is 21.7 Å². The topological polar surface area (TPSA) is 85.2 Å². The van der Waals surface area contributed by atoms with Gasteiger partial charge in [-0.3, -0.25) is 4.79 Å². The lowest BCUT2D eigenvalue weighted by Crippen LogP contribution is -2.41. The lowest BCUT2D eigenvalue weighted by Gasteiger charge is -2.26. The summed E-state index contributed by atoms with van der Waals surface area (Å²) < 4.78 is 25.3. The van der Waals surface area contributed by atoms with Crippen LogP contribution in [0, 0.1) is 0 Å². The molecule has 1 aromatic rings. The van der Waals surface area contributed by atoms with Gasteiger partial charge in [-0.2, -0.15) is 0 Å². The molecule has 0 N–H and O–H groups in total. The molecule has 24 heavy (non-hydrogen) atoms. The van der Waals surface area contributed by atoms with E-state index in [-0.39, 0.29) is 28.7 Å². The molecule has 1 aliphatic heterocycles. The number of carbonyl (C=O) groups is 1. The van der Waals surface area contributed by atoms with Crippen LogP contribution in [-0.4, -0.2) is 63.8 Å². The molecule has 2 aliphatic rings. The molecule has 1 aromatic heterocycles. The highest BCUT2D eigenvalue weighted by molar-refractivity contribution is 8.00. The minimum absolute atomic E-state index is 0.0549. The zero-order valence-electron chi connectivity index (χ0n) is 14.3. The first-order valence-electron chi connectivity index (χ1n) is 8.39. The van der Waals surface area contributed by atoms with Crippen LogP contribution in [0.25, 0.3) is 0 Å². The maximum absolute atomic E-state index is 12.7. The molecule has 1 amide bonds. The van der Waals surface area contributed by atoms with Crippen molar-refractivity contribution in [1.29, 1.82) is 0 Å². The fraction of sp³-hybridized carbons (Fsp3) is 0.800. The largest absolute Gasteiger partial charge is 0.341 e. The van der Waals surface area contributed by atoms with Crippen molar-refractivity contribution in [3.63, 3.8) is 0 Å². The molecule has 2 heterocycles. The third kappa shape index (κ3) is 3.61. The van der Waals surface area contributed by atoms with Gasteiger partial charge in [0.15, 0.2) is 15.0 Å². The Morgan fingerprint density at radius 2 is 2.08 bits per heavy atom. The van der Waals surface area contributed by atoms with Crippen LogP contribution in [0.3, 0.4) is 0 Å². The van der Waals surface area contributed by atoms with Crippen LogP contribution >= 0.6 is 11.8 Å². The van der Waals surface area contributed by atoms with Crippen LogP contribution in [0.4, 0.5) is 0 Å². The summed E-state index contributed by atoms with van der Waals surface area (Å²) in [4.78, 5) is 14.2. The van der Waals surface area contributed by atoms with Crippen molar-refractivity contribution < 1.29 is 13.2 Å². The highest BCUT2D eigenvalue weighted by atomic mass is 32.2. The van der Waals surface area contributed by atoms with Gasteiger partial charge in [0, 0.05) is 25.6 Å². The minimum Gasteiger partial charge on any atom is -0.341 e. The molecule has 0 bridgehead atoms. The molecule has 2 atom stereocenters. The Hall–Kier alpha value is -1.09. The van der Waals surface area contributed by atoms with E-state index >= 15 is 0 Å². The standard InChI is InChI=1S/C15H24N4O3S2/c1-4-19-13(11-5-6-11)16-17-15(19)23-10(2)14(20)18(3)12-7-8-24(21,22)9-12/h10-12H,4-9H2,1-3H3/t10-,12+/m0/s1. The van der Waals surface area contributed by atoms with Crippen LogP contribution in [0.2, 0.25) is 0 Å². The number of aromatic nitrogens is 3. The van der Waals surface area contributed by atoms with Crippen molar-refractivity contribution in [1.82, 2.24) is 19.7 Å². The van der Waals surface area contributed by atoms with Gasteiger partial charge in [0.1, 0.15) is 5.82 Å². The average molecular weight is 373 g/mol. The fourth-order valence-electron chi connectivity index (χ4n) is 3.08. The Bertz CT molecular complexity index is 727. The van der Waals surface area contributed by atoms with Crippen molar-refractivity contribution in [2.75, 3.05) is 18.6 Å². The molecule has 7 nitrogen and oxygen atoms in total. The molecule has 1 saturated heterocycles. The third-order valence-corrected chi connectivity index (χ3v) is 7.56. The minimum atomic E-state index is -3.00. The van der Waals surface area contributed by atoms with Crippen LogP contribution in [0.5, 0.6) is 0 Å². The zero-order chi connectivity index (χ0) is 17.5. The van der Waals surface area contributed by atoms with Crippen LogP contribution < -0.4 is 0 Å². The van der Waals surface area contributed by atoms with E-state index in [4.69, 9.17) is 0 Å². The molecular formula is C15H24N4O3S2. The summed E-state index contributed by atoms with van der Waals surface area (Å²) in [6, 6.07) is -0.211. The number of nitrogens with zero attached hydrogens (tertiary/aromatic N) is 4. The number of rotatable bonds is 6. The van der Waals surface area contributed by atoms with Crippen molar-refractivity contribution in [3.8, 4) is 0 Å². The van der Waals surface area contributed by atoms with Gasteiger partial charge in [0.05, 0.1) is 16.8 Å². The smallest absolute Gasteiger partial charge is 0.235 e. The summed E-state index contributed by atoms with van der Waals surface area (Å²) in [6.45, 7) is 4.69. The van der Waals surface area contributed by atoms with Gasteiger partial charge in [-0.15, -0.1) is 10.2 Å². The van der Waals surface area contributed by atoms with Gasteiger partial charge < -0.3 is 9.47 Å². The van der Waals surface area contributed by atoms with Crippen LogP contribution in [0.15, 0.2) is 5.16 Å². The second kappa shape index (κ2) is 6.67. The Morgan fingerprint density at radius 3 is 2.62 bits per heavy atom. The van der Waals surface area contributed by atoms with Gasteiger partial charge in [-0.25, -0.2) is 8.42 Å². The number of hydrogen-bond acceptors (Lipinski definition) is 6. The summed E-state index contributed by atoms with van der Waals surface area (Å²) >= 11 is 1.40. The molecule has 0 aromatic carbocycles. The van der Waals surface area contributed by atoms with Crippen molar-refractivity contribution in [2.45, 2.75) is 62.0 Å². The number of amides is 1. The summed E-state index contributed by atoms with van der Waals surface area (Å²) in [5.41, 5.74) is 0. The lowest BCUT2D eigenvalue weighted by atomic mass is 10.2. The van der Waals surface area contributed by atoms with Gasteiger partial charge in [0.25, 0.3) is 0 Å². The summed E-state index contributed by atoms with van der Waals surface area (Å²) in [7, 11) is -1.30. The van der Waals surface area contributed by atoms with Crippen molar-refractivity contribution in [2.24, 2.45) is 0 Å². The summed E-state index contributed by atoms with van der Waals surface area (Å²) in [5, 5.41) is 9.00. The Balaban J connectivity index is 1.66. The van der Waals surface area contributed by atoms with E-state index in [1.807, 2.05) is 6.92 Å². The Morgan fingerprint density at radius 1 is 1.38 bits per heavy atom. The predicted octanol–water partition coefficient (Wildman–Crippen LogP) is 1.30. The van der Waals surface area contributed by atoms with Gasteiger partial charge >= 0.3 is 0 Å².